The molecule has 0 radical (unpaired) electrons. The lowest BCUT2D eigenvalue weighted by Crippen LogP contribution is -2.13. The predicted octanol–water partition coefficient (Wildman–Crippen LogP) is 1.85. The van der Waals surface area contributed by atoms with Gasteiger partial charge in [-0.05, 0) is 28.4 Å². The van der Waals surface area contributed by atoms with Gasteiger partial charge in [0.2, 0.25) is 6.79 Å². The number of carbonyl (C=O) groups is 2. The first-order chi connectivity index (χ1) is 9.04. The number of carboxylic acids is 1. The second-order valence-electron chi connectivity index (χ2n) is 4.08. The Morgan fingerprint density at radius 1 is 1.53 bits per heavy atom. The Hall–Kier alpha value is -1.60. The molecule has 6 nitrogen and oxygen atoms in total. The van der Waals surface area contributed by atoms with Crippen LogP contribution in [0, 0.1) is 0 Å². The van der Waals surface area contributed by atoms with Crippen LogP contribution in [0.15, 0.2) is 10.5 Å². The molecule has 1 aliphatic heterocycles. The van der Waals surface area contributed by atoms with Gasteiger partial charge in [0.15, 0.2) is 17.8 Å². The molecule has 1 heterocycles. The molecular formula is C12H12BrNO5. The monoisotopic (exact) mass is 329 g/mol. The van der Waals surface area contributed by atoms with Gasteiger partial charge >= 0.3 is 5.97 Å². The predicted molar refractivity (Wildman–Crippen MR) is 69.5 cm³/mol. The molecule has 0 amide bonds. The van der Waals surface area contributed by atoms with Crippen molar-refractivity contribution in [3.63, 3.8) is 0 Å². The van der Waals surface area contributed by atoms with Gasteiger partial charge in [-0.25, -0.2) is 0 Å². The third kappa shape index (κ3) is 2.71. The van der Waals surface area contributed by atoms with E-state index in [4.69, 9.17) is 20.3 Å². The lowest BCUT2D eigenvalue weighted by molar-refractivity contribution is -0.137. The molecule has 0 saturated carbocycles. The SMILES string of the molecule is NC(CCC(=O)O)c1cc(Br)c(C=O)c2c1OCO2. The minimum atomic E-state index is -0.909. The topological polar surface area (TPSA) is 98.9 Å². The highest BCUT2D eigenvalue weighted by Crippen LogP contribution is 2.44. The Morgan fingerprint density at radius 3 is 2.84 bits per heavy atom. The van der Waals surface area contributed by atoms with Crippen LogP contribution in [0.5, 0.6) is 11.5 Å². The van der Waals surface area contributed by atoms with Crippen LogP contribution in [0.4, 0.5) is 0 Å². The second-order valence-corrected chi connectivity index (χ2v) is 4.94. The van der Waals surface area contributed by atoms with Gasteiger partial charge in [0.05, 0.1) is 5.56 Å². The third-order valence-electron chi connectivity index (χ3n) is 2.85. The number of nitrogens with two attached hydrogens (primary N) is 1. The minimum absolute atomic E-state index is 0.0191. The molecule has 2 rings (SSSR count). The molecule has 0 spiro atoms. The zero-order valence-electron chi connectivity index (χ0n) is 9.89. The van der Waals surface area contributed by atoms with Crippen LogP contribution in [0.2, 0.25) is 0 Å². The van der Waals surface area contributed by atoms with Crippen LogP contribution in [0.1, 0.15) is 34.8 Å². The molecule has 1 aromatic carbocycles. The summed E-state index contributed by atoms with van der Waals surface area (Å²) >= 11 is 3.27. The summed E-state index contributed by atoms with van der Waals surface area (Å²) in [7, 11) is 0. The lowest BCUT2D eigenvalue weighted by atomic mass is 9.99. The molecule has 19 heavy (non-hydrogen) atoms. The van der Waals surface area contributed by atoms with Crippen LogP contribution in [0.3, 0.4) is 0 Å². The van der Waals surface area contributed by atoms with Gasteiger partial charge in [0, 0.05) is 22.5 Å². The fourth-order valence-corrected chi connectivity index (χ4v) is 2.42. The minimum Gasteiger partial charge on any atom is -0.481 e. The Balaban J connectivity index is 2.36. The standard InChI is InChI=1S/C12H12BrNO5/c13-8-3-6(9(14)1-2-10(16)17)11-12(7(8)4-15)19-5-18-11/h3-4,9H,1-2,5,14H2,(H,16,17). The number of rotatable bonds is 5. The summed E-state index contributed by atoms with van der Waals surface area (Å²) in [5, 5.41) is 8.67. The smallest absolute Gasteiger partial charge is 0.303 e. The Bertz CT molecular complexity index is 531. The summed E-state index contributed by atoms with van der Waals surface area (Å²) in [6.07, 6.45) is 0.909. The van der Waals surface area contributed by atoms with Gasteiger partial charge in [-0.1, -0.05) is 0 Å². The molecule has 0 bridgehead atoms. The van der Waals surface area contributed by atoms with E-state index in [2.05, 4.69) is 15.9 Å². The van der Waals surface area contributed by atoms with E-state index in [-0.39, 0.29) is 19.6 Å². The van der Waals surface area contributed by atoms with Gasteiger partial charge in [-0.2, -0.15) is 0 Å². The summed E-state index contributed by atoms with van der Waals surface area (Å²) in [5.41, 5.74) is 6.96. The summed E-state index contributed by atoms with van der Waals surface area (Å²) in [6, 6.07) is 1.17. The van der Waals surface area contributed by atoms with Crippen LogP contribution in [-0.4, -0.2) is 24.2 Å². The normalized spacial score (nSPS) is 14.2. The maximum absolute atomic E-state index is 11.0. The summed E-state index contributed by atoms with van der Waals surface area (Å²) < 4.78 is 11.1. The number of hydrogen-bond donors (Lipinski definition) is 2. The van der Waals surface area contributed by atoms with Crippen molar-refractivity contribution in [1.29, 1.82) is 0 Å². The first-order valence-corrected chi connectivity index (χ1v) is 6.38. The molecule has 0 aliphatic carbocycles. The van der Waals surface area contributed by atoms with Gasteiger partial charge in [0.1, 0.15) is 0 Å². The number of ether oxygens (including phenoxy) is 2. The first kappa shape index (κ1) is 13.8. The second kappa shape index (κ2) is 5.58. The van der Waals surface area contributed by atoms with Crippen LogP contribution in [-0.2, 0) is 4.79 Å². The van der Waals surface area contributed by atoms with Crippen molar-refractivity contribution in [2.45, 2.75) is 18.9 Å². The Morgan fingerprint density at radius 2 is 2.21 bits per heavy atom. The molecule has 1 aromatic rings. The molecule has 0 saturated heterocycles. The van der Waals surface area contributed by atoms with Crippen molar-refractivity contribution < 1.29 is 24.2 Å². The molecule has 1 aliphatic rings. The van der Waals surface area contributed by atoms with E-state index in [0.717, 1.165) is 0 Å². The van der Waals surface area contributed by atoms with Crippen molar-refractivity contribution in [3.05, 3.63) is 21.7 Å². The van der Waals surface area contributed by atoms with Gasteiger partial charge in [-0.3, -0.25) is 9.59 Å². The number of aldehydes is 1. The van der Waals surface area contributed by atoms with Gasteiger partial charge < -0.3 is 20.3 Å². The molecule has 3 N–H and O–H groups in total. The molecule has 0 aromatic heterocycles. The van der Waals surface area contributed by atoms with Crippen molar-refractivity contribution >= 4 is 28.2 Å². The summed E-state index contributed by atoms with van der Waals surface area (Å²) in [6.45, 7) is 0.0191. The maximum atomic E-state index is 11.0. The fourth-order valence-electron chi connectivity index (χ4n) is 1.90. The van der Waals surface area contributed by atoms with E-state index >= 15 is 0 Å². The zero-order valence-corrected chi connectivity index (χ0v) is 11.5. The van der Waals surface area contributed by atoms with E-state index < -0.39 is 12.0 Å². The van der Waals surface area contributed by atoms with E-state index in [1.165, 1.54) is 0 Å². The van der Waals surface area contributed by atoms with Crippen molar-refractivity contribution in [3.8, 4) is 11.5 Å². The quantitative estimate of drug-likeness (QED) is 0.800. The molecule has 0 fully saturated rings. The molecular weight excluding hydrogens is 318 g/mol. The largest absolute Gasteiger partial charge is 0.481 e. The third-order valence-corrected chi connectivity index (χ3v) is 3.50. The Kier molecular flexibility index (Phi) is 4.06. The summed E-state index contributed by atoms with van der Waals surface area (Å²) in [5.74, 6) is -0.138. The average Bonchev–Trinajstić information content (AvgIpc) is 2.83. The number of fused-ring (bicyclic) bond motifs is 1. The van der Waals surface area contributed by atoms with Crippen LogP contribution >= 0.6 is 15.9 Å². The van der Waals surface area contributed by atoms with Crippen molar-refractivity contribution in [1.82, 2.24) is 0 Å². The lowest BCUT2D eigenvalue weighted by Gasteiger charge is -2.15. The van der Waals surface area contributed by atoms with E-state index in [1.807, 2.05) is 0 Å². The molecule has 1 unspecified atom stereocenters. The molecule has 1 atom stereocenters. The maximum Gasteiger partial charge on any atom is 0.303 e. The highest BCUT2D eigenvalue weighted by Gasteiger charge is 2.27. The highest BCUT2D eigenvalue weighted by molar-refractivity contribution is 9.10. The van der Waals surface area contributed by atoms with E-state index in [9.17, 15) is 9.59 Å². The molecule has 7 heteroatoms. The van der Waals surface area contributed by atoms with Gasteiger partial charge in [-0.15, -0.1) is 0 Å². The Labute approximate surface area is 117 Å². The number of aliphatic carboxylic acids is 1. The van der Waals surface area contributed by atoms with Crippen LogP contribution < -0.4 is 15.2 Å². The van der Waals surface area contributed by atoms with E-state index in [0.29, 0.717) is 33.4 Å². The zero-order chi connectivity index (χ0) is 14.0. The highest BCUT2D eigenvalue weighted by atomic mass is 79.9. The van der Waals surface area contributed by atoms with Crippen LogP contribution in [0.25, 0.3) is 0 Å². The number of benzene rings is 1. The number of carbonyl (C=O) groups excluding carboxylic acids is 1. The number of hydrogen-bond acceptors (Lipinski definition) is 5. The average molecular weight is 330 g/mol. The van der Waals surface area contributed by atoms with Crippen molar-refractivity contribution in [2.75, 3.05) is 6.79 Å². The van der Waals surface area contributed by atoms with E-state index in [1.54, 1.807) is 6.07 Å². The number of carboxylic acid groups (broad SMARTS) is 1. The fraction of sp³-hybridized carbons (Fsp3) is 0.333. The summed E-state index contributed by atoms with van der Waals surface area (Å²) in [4.78, 5) is 21.6. The first-order valence-electron chi connectivity index (χ1n) is 5.59. The molecule has 102 valence electrons. The van der Waals surface area contributed by atoms with Crippen molar-refractivity contribution in [2.24, 2.45) is 5.73 Å². The number of halogens is 1. The van der Waals surface area contributed by atoms with Gasteiger partial charge in [0.25, 0.3) is 0 Å².